The van der Waals surface area contributed by atoms with Crippen LogP contribution in [0.3, 0.4) is 0 Å². The van der Waals surface area contributed by atoms with E-state index in [9.17, 15) is 13.6 Å². The molecule has 1 fully saturated rings. The molecule has 0 aliphatic heterocycles. The predicted molar refractivity (Wildman–Crippen MR) is 138 cm³/mol. The molecule has 2 aromatic carbocycles. The van der Waals surface area contributed by atoms with Crippen LogP contribution < -0.4 is 10.1 Å². The van der Waals surface area contributed by atoms with Gasteiger partial charge in [-0.3, -0.25) is 19.3 Å². The molecular weight excluding hydrogens is 504 g/mol. The van der Waals surface area contributed by atoms with E-state index < -0.39 is 17.5 Å². The molecule has 196 valence electrons. The molecule has 0 spiro atoms. The second kappa shape index (κ2) is 10.2. The number of pyridine rings is 1. The lowest BCUT2D eigenvalue weighted by Crippen LogP contribution is -2.44. The van der Waals surface area contributed by atoms with Crippen molar-refractivity contribution in [2.75, 3.05) is 6.61 Å². The van der Waals surface area contributed by atoms with Gasteiger partial charge in [0.2, 0.25) is 0 Å². The molecule has 0 radical (unpaired) electrons. The normalized spacial score (nSPS) is 16.6. The number of ether oxygens (including phenoxy) is 1. The van der Waals surface area contributed by atoms with Crippen LogP contribution in [0.2, 0.25) is 0 Å². The minimum absolute atomic E-state index is 0.0945. The van der Waals surface area contributed by atoms with Gasteiger partial charge in [-0.25, -0.2) is 13.8 Å². The fourth-order valence-corrected chi connectivity index (χ4v) is 4.78. The number of nitrogens with zero attached hydrogens (tertiary/aromatic N) is 6. The van der Waals surface area contributed by atoms with Gasteiger partial charge in [0.25, 0.3) is 5.91 Å². The van der Waals surface area contributed by atoms with E-state index in [0.717, 1.165) is 6.07 Å². The summed E-state index contributed by atoms with van der Waals surface area (Å²) in [7, 11) is 0. The second-order valence-electron chi connectivity index (χ2n) is 9.20. The van der Waals surface area contributed by atoms with Crippen LogP contribution in [0, 0.1) is 11.6 Å². The highest BCUT2D eigenvalue weighted by molar-refractivity contribution is 6.04. The van der Waals surface area contributed by atoms with Gasteiger partial charge in [0, 0.05) is 30.4 Å². The molecule has 1 N–H and O–H groups in total. The summed E-state index contributed by atoms with van der Waals surface area (Å²) in [5.41, 5.74) is 1.59. The molecule has 3 aromatic heterocycles. The number of halogens is 2. The van der Waals surface area contributed by atoms with Crippen molar-refractivity contribution in [1.82, 2.24) is 35.0 Å². The van der Waals surface area contributed by atoms with E-state index in [2.05, 4.69) is 30.5 Å². The summed E-state index contributed by atoms with van der Waals surface area (Å²) in [6.45, 7) is 2.40. The lowest BCUT2D eigenvalue weighted by Gasteiger charge is -2.35. The number of para-hydroxylation sites is 1. The lowest BCUT2D eigenvalue weighted by atomic mass is 9.79. The van der Waals surface area contributed by atoms with E-state index in [4.69, 9.17) is 4.74 Å². The topological polar surface area (TPSA) is 108 Å². The number of hydrogen-bond donors (Lipinski definition) is 1. The van der Waals surface area contributed by atoms with Gasteiger partial charge in [-0.2, -0.15) is 0 Å². The van der Waals surface area contributed by atoms with Gasteiger partial charge >= 0.3 is 0 Å². The highest BCUT2D eigenvalue weighted by Crippen LogP contribution is 2.39. The smallest absolute Gasteiger partial charge is 0.253 e. The molecule has 6 rings (SSSR count). The number of aromatic nitrogens is 6. The van der Waals surface area contributed by atoms with Crippen LogP contribution in [0.4, 0.5) is 8.78 Å². The Hall–Kier alpha value is -4.80. The van der Waals surface area contributed by atoms with Crippen molar-refractivity contribution in [2.45, 2.75) is 31.7 Å². The SMILES string of the molecule is CCOc1ccc(-c2nnc(C3CC(NC(=O)c4cc(F)cc5nccnc45)C3)n2-c2ccccc2F)nc1. The molecule has 1 aliphatic rings. The third-order valence-electron chi connectivity index (χ3n) is 6.68. The number of carbonyl (C=O) groups excluding carboxylic acids is 1. The Bertz CT molecular complexity index is 1670. The van der Waals surface area contributed by atoms with Crippen LogP contribution in [-0.2, 0) is 0 Å². The second-order valence-corrected chi connectivity index (χ2v) is 9.20. The Labute approximate surface area is 221 Å². The lowest BCUT2D eigenvalue weighted by molar-refractivity contribution is 0.0908. The molecule has 1 aliphatic carbocycles. The van der Waals surface area contributed by atoms with Gasteiger partial charge in [0.15, 0.2) is 5.82 Å². The molecule has 1 saturated carbocycles. The van der Waals surface area contributed by atoms with Crippen LogP contribution in [-0.4, -0.2) is 48.3 Å². The van der Waals surface area contributed by atoms with Crippen molar-refractivity contribution >= 4 is 16.9 Å². The van der Waals surface area contributed by atoms with Gasteiger partial charge in [-0.1, -0.05) is 12.1 Å². The maximum Gasteiger partial charge on any atom is 0.253 e. The van der Waals surface area contributed by atoms with Crippen LogP contribution in [0.25, 0.3) is 28.2 Å². The summed E-state index contributed by atoms with van der Waals surface area (Å²) in [5, 5.41) is 11.7. The van der Waals surface area contributed by atoms with Crippen LogP contribution in [0.5, 0.6) is 5.75 Å². The molecule has 0 atom stereocenters. The molecule has 1 amide bonds. The van der Waals surface area contributed by atoms with Crippen LogP contribution >= 0.6 is 0 Å². The Kier molecular flexibility index (Phi) is 6.39. The van der Waals surface area contributed by atoms with Crippen molar-refractivity contribution in [2.24, 2.45) is 0 Å². The van der Waals surface area contributed by atoms with E-state index in [1.807, 2.05) is 6.92 Å². The molecule has 11 heteroatoms. The number of nitrogens with one attached hydrogen (secondary N) is 1. The van der Waals surface area contributed by atoms with Gasteiger partial charge in [0.1, 0.15) is 34.4 Å². The first-order chi connectivity index (χ1) is 19.0. The number of fused-ring (bicyclic) bond motifs is 1. The molecular formula is C28H23F2N7O2. The summed E-state index contributed by atoms with van der Waals surface area (Å²) < 4.78 is 36.2. The fraction of sp³-hybridized carbons (Fsp3) is 0.214. The molecule has 0 saturated heterocycles. The van der Waals surface area contributed by atoms with Gasteiger partial charge in [-0.05, 0) is 50.1 Å². The molecule has 0 unspecified atom stereocenters. The standard InChI is InChI=1S/C28H23F2N7O2/c1-2-39-19-7-8-22(33-15-19)27-36-35-26(37(27)24-6-4-3-5-21(24)30)16-11-18(12-16)34-28(38)20-13-17(29)14-23-25(20)32-10-9-31-23/h3-10,13-16,18H,2,11-12H2,1H3,(H,34,38). The van der Waals surface area contributed by atoms with Crippen molar-refractivity contribution in [3.8, 4) is 23.0 Å². The zero-order valence-corrected chi connectivity index (χ0v) is 20.9. The van der Waals surface area contributed by atoms with Crippen molar-refractivity contribution in [3.05, 3.63) is 90.1 Å². The van der Waals surface area contributed by atoms with E-state index in [-0.39, 0.29) is 17.5 Å². The van der Waals surface area contributed by atoms with Gasteiger partial charge in [-0.15, -0.1) is 10.2 Å². The zero-order chi connectivity index (χ0) is 26.9. The zero-order valence-electron chi connectivity index (χ0n) is 20.9. The minimum atomic E-state index is -0.562. The molecule has 3 heterocycles. The fourth-order valence-electron chi connectivity index (χ4n) is 4.78. The monoisotopic (exact) mass is 527 g/mol. The molecule has 0 bridgehead atoms. The van der Waals surface area contributed by atoms with Crippen LogP contribution in [0.15, 0.2) is 67.1 Å². The summed E-state index contributed by atoms with van der Waals surface area (Å²) in [5.74, 6) is 0.0742. The van der Waals surface area contributed by atoms with Crippen molar-refractivity contribution in [1.29, 1.82) is 0 Å². The van der Waals surface area contributed by atoms with Gasteiger partial charge < -0.3 is 10.1 Å². The average molecular weight is 528 g/mol. The molecule has 5 aromatic rings. The Morgan fingerprint density at radius 1 is 1.05 bits per heavy atom. The number of carbonyl (C=O) groups is 1. The maximum atomic E-state index is 15.0. The first-order valence-electron chi connectivity index (χ1n) is 12.5. The Morgan fingerprint density at radius 2 is 1.87 bits per heavy atom. The number of benzene rings is 2. The van der Waals surface area contributed by atoms with E-state index in [1.165, 1.54) is 24.5 Å². The number of hydrogen-bond acceptors (Lipinski definition) is 7. The molecule has 39 heavy (non-hydrogen) atoms. The summed E-state index contributed by atoms with van der Waals surface area (Å²) >= 11 is 0. The summed E-state index contributed by atoms with van der Waals surface area (Å²) in [6.07, 6.45) is 5.60. The van der Waals surface area contributed by atoms with Crippen molar-refractivity contribution < 1.29 is 18.3 Å². The van der Waals surface area contributed by atoms with E-state index in [1.54, 1.807) is 41.1 Å². The quantitative estimate of drug-likeness (QED) is 0.329. The summed E-state index contributed by atoms with van der Waals surface area (Å²) in [4.78, 5) is 25.7. The minimum Gasteiger partial charge on any atom is -0.492 e. The third-order valence-corrected chi connectivity index (χ3v) is 6.68. The number of amides is 1. The highest BCUT2D eigenvalue weighted by Gasteiger charge is 2.37. The molecule has 9 nitrogen and oxygen atoms in total. The summed E-state index contributed by atoms with van der Waals surface area (Å²) in [6, 6.07) is 12.2. The van der Waals surface area contributed by atoms with Gasteiger partial charge in [0.05, 0.1) is 29.6 Å². The predicted octanol–water partition coefficient (Wildman–Crippen LogP) is 4.63. The first-order valence-corrected chi connectivity index (χ1v) is 12.5. The van der Waals surface area contributed by atoms with E-state index in [0.29, 0.717) is 59.3 Å². The maximum absolute atomic E-state index is 15.0. The Balaban J connectivity index is 1.26. The first kappa shape index (κ1) is 24.5. The Morgan fingerprint density at radius 3 is 2.64 bits per heavy atom. The highest BCUT2D eigenvalue weighted by atomic mass is 19.1. The third kappa shape index (κ3) is 4.67. The van der Waals surface area contributed by atoms with Crippen LogP contribution in [0.1, 0.15) is 41.9 Å². The van der Waals surface area contributed by atoms with E-state index >= 15 is 0 Å². The number of rotatable bonds is 7. The largest absolute Gasteiger partial charge is 0.492 e. The average Bonchev–Trinajstić information content (AvgIpc) is 3.35. The van der Waals surface area contributed by atoms with Crippen molar-refractivity contribution in [3.63, 3.8) is 0 Å².